The van der Waals surface area contributed by atoms with Crippen LogP contribution in [0.2, 0.25) is 0 Å². The van der Waals surface area contributed by atoms with E-state index in [4.69, 9.17) is 4.74 Å². The molecule has 8 nitrogen and oxygen atoms in total. The van der Waals surface area contributed by atoms with Gasteiger partial charge < -0.3 is 15.0 Å². The Bertz CT molecular complexity index is 1410. The molecule has 2 atom stereocenters. The highest BCUT2D eigenvalue weighted by molar-refractivity contribution is 7.92. The van der Waals surface area contributed by atoms with Crippen LogP contribution in [-0.2, 0) is 26.2 Å². The highest BCUT2D eigenvalue weighted by Gasteiger charge is 2.32. The number of aryl methyl sites for hydroxylation is 2. The van der Waals surface area contributed by atoms with Crippen LogP contribution in [0.3, 0.4) is 0 Å². The number of anilines is 1. The minimum atomic E-state index is -4.09. The van der Waals surface area contributed by atoms with Gasteiger partial charge in [-0.25, -0.2) is 8.42 Å². The maximum Gasteiger partial charge on any atom is 0.264 e. The van der Waals surface area contributed by atoms with E-state index in [-0.39, 0.29) is 23.4 Å². The minimum absolute atomic E-state index is 0.0709. The van der Waals surface area contributed by atoms with E-state index in [0.717, 1.165) is 27.4 Å². The Hall–Kier alpha value is -3.85. The third-order valence-corrected chi connectivity index (χ3v) is 8.86. The van der Waals surface area contributed by atoms with E-state index in [0.29, 0.717) is 11.4 Å². The van der Waals surface area contributed by atoms with Gasteiger partial charge in [0.25, 0.3) is 10.0 Å². The van der Waals surface area contributed by atoms with Crippen LogP contribution in [0.25, 0.3) is 0 Å². The molecule has 9 heteroatoms. The van der Waals surface area contributed by atoms with Gasteiger partial charge in [-0.15, -0.1) is 0 Å². The van der Waals surface area contributed by atoms with Gasteiger partial charge in [-0.2, -0.15) is 0 Å². The fourth-order valence-electron chi connectivity index (χ4n) is 4.10. The number of nitrogens with zero attached hydrogens (tertiary/aromatic N) is 2. The highest BCUT2D eigenvalue weighted by atomic mass is 32.2. The molecule has 0 spiro atoms. The summed E-state index contributed by atoms with van der Waals surface area (Å²) in [4.78, 5) is 28.6. The van der Waals surface area contributed by atoms with E-state index < -0.39 is 28.5 Å². The number of rotatable bonds is 12. The minimum Gasteiger partial charge on any atom is -0.497 e. The van der Waals surface area contributed by atoms with Crippen LogP contribution in [0.5, 0.6) is 5.75 Å². The molecule has 2 amide bonds. The number of hydrogen-bond donors (Lipinski definition) is 1. The molecular weight excluding hydrogens is 526 g/mol. The maximum atomic E-state index is 14.0. The van der Waals surface area contributed by atoms with E-state index in [1.165, 1.54) is 17.0 Å². The molecule has 0 saturated heterocycles. The van der Waals surface area contributed by atoms with Crippen LogP contribution in [0, 0.1) is 13.8 Å². The quantitative estimate of drug-likeness (QED) is 0.339. The molecule has 0 unspecified atom stereocenters. The molecule has 3 rings (SSSR count). The van der Waals surface area contributed by atoms with Crippen molar-refractivity contribution in [2.24, 2.45) is 0 Å². The molecule has 1 N–H and O–H groups in total. The summed E-state index contributed by atoms with van der Waals surface area (Å²) >= 11 is 0. The lowest BCUT2D eigenvalue weighted by Crippen LogP contribution is -2.52. The van der Waals surface area contributed by atoms with E-state index in [9.17, 15) is 18.0 Å². The second-order valence-corrected chi connectivity index (χ2v) is 11.8. The molecule has 3 aromatic carbocycles. The van der Waals surface area contributed by atoms with Gasteiger partial charge in [0, 0.05) is 12.6 Å². The van der Waals surface area contributed by atoms with Crippen LogP contribution in [0.15, 0.2) is 77.7 Å². The van der Waals surface area contributed by atoms with Gasteiger partial charge in [0.2, 0.25) is 11.8 Å². The van der Waals surface area contributed by atoms with E-state index in [2.05, 4.69) is 5.32 Å². The Morgan fingerprint density at radius 1 is 0.925 bits per heavy atom. The topological polar surface area (TPSA) is 96.0 Å². The predicted octanol–water partition coefficient (Wildman–Crippen LogP) is 4.84. The molecule has 0 bridgehead atoms. The van der Waals surface area contributed by atoms with E-state index in [1.54, 1.807) is 56.5 Å². The van der Waals surface area contributed by atoms with Crippen molar-refractivity contribution in [2.45, 2.75) is 64.6 Å². The van der Waals surface area contributed by atoms with Crippen LogP contribution < -0.4 is 14.4 Å². The molecule has 40 heavy (non-hydrogen) atoms. The smallest absolute Gasteiger partial charge is 0.264 e. The summed E-state index contributed by atoms with van der Waals surface area (Å²) in [7, 11) is -2.52. The summed E-state index contributed by atoms with van der Waals surface area (Å²) in [6.45, 7) is 8.99. The van der Waals surface area contributed by atoms with Gasteiger partial charge in [0.1, 0.15) is 18.3 Å². The van der Waals surface area contributed by atoms with Crippen molar-refractivity contribution in [3.63, 3.8) is 0 Å². The Morgan fingerprint density at radius 2 is 1.57 bits per heavy atom. The summed E-state index contributed by atoms with van der Waals surface area (Å²) in [6.07, 6.45) is 0.737. The summed E-state index contributed by atoms with van der Waals surface area (Å²) in [5, 5.41) is 2.94. The standard InChI is InChI=1S/C31H39N3O5S/c1-7-24(4)32-31(36)25(5)33(20-26-14-17-28(39-6)18-15-26)30(35)21-34(27-16-13-22(2)23(3)19-27)40(37,38)29-11-9-8-10-12-29/h8-19,24-25H,7,20-21H2,1-6H3,(H,32,36)/t24-,25+/m1/s1. The van der Waals surface area contributed by atoms with Crippen LogP contribution >= 0.6 is 0 Å². The van der Waals surface area contributed by atoms with Gasteiger partial charge in [0.05, 0.1) is 17.7 Å². The average molecular weight is 566 g/mol. The lowest BCUT2D eigenvalue weighted by molar-refractivity contribution is -0.139. The largest absolute Gasteiger partial charge is 0.497 e. The molecular formula is C31H39N3O5S. The fourth-order valence-corrected chi connectivity index (χ4v) is 5.53. The van der Waals surface area contributed by atoms with Crippen LogP contribution in [-0.4, -0.2) is 50.9 Å². The number of amides is 2. The van der Waals surface area contributed by atoms with E-state index in [1.807, 2.05) is 45.9 Å². The van der Waals surface area contributed by atoms with Gasteiger partial charge in [-0.05, 0) is 87.2 Å². The molecule has 0 fully saturated rings. The Kier molecular flexibility index (Phi) is 10.3. The Labute approximate surface area is 238 Å². The normalized spacial score (nSPS) is 12.8. The molecule has 0 saturated carbocycles. The van der Waals surface area contributed by atoms with Crippen LogP contribution in [0.4, 0.5) is 5.69 Å². The molecule has 0 aromatic heterocycles. The first-order chi connectivity index (χ1) is 19.0. The van der Waals surface area contributed by atoms with Crippen molar-refractivity contribution in [3.05, 3.63) is 89.5 Å². The van der Waals surface area contributed by atoms with Crippen molar-refractivity contribution in [1.82, 2.24) is 10.2 Å². The number of nitrogens with one attached hydrogen (secondary N) is 1. The number of carbonyl (C=O) groups excluding carboxylic acids is 2. The zero-order valence-electron chi connectivity index (χ0n) is 24.0. The first-order valence-corrected chi connectivity index (χ1v) is 14.8. The van der Waals surface area contributed by atoms with Gasteiger partial charge in [-0.3, -0.25) is 13.9 Å². The SMILES string of the molecule is CC[C@@H](C)NC(=O)[C@H](C)N(Cc1ccc(OC)cc1)C(=O)CN(c1ccc(C)c(C)c1)S(=O)(=O)c1ccccc1. The third-order valence-electron chi connectivity index (χ3n) is 7.07. The van der Waals surface area contributed by atoms with Crippen molar-refractivity contribution >= 4 is 27.5 Å². The molecule has 214 valence electrons. The number of methoxy groups -OCH3 is 1. The molecule has 0 heterocycles. The van der Waals surface area contributed by atoms with Crippen molar-refractivity contribution < 1.29 is 22.7 Å². The molecule has 0 radical (unpaired) electrons. The second kappa shape index (κ2) is 13.5. The zero-order chi connectivity index (χ0) is 29.4. The maximum absolute atomic E-state index is 14.0. The van der Waals surface area contributed by atoms with E-state index >= 15 is 0 Å². The predicted molar refractivity (Wildman–Crippen MR) is 158 cm³/mol. The number of carbonyl (C=O) groups is 2. The van der Waals surface area contributed by atoms with Crippen molar-refractivity contribution in [2.75, 3.05) is 18.0 Å². The van der Waals surface area contributed by atoms with Gasteiger partial charge >= 0.3 is 0 Å². The summed E-state index contributed by atoms with van der Waals surface area (Å²) in [5.74, 6) is -0.140. The van der Waals surface area contributed by atoms with Gasteiger partial charge in [-0.1, -0.05) is 43.3 Å². The van der Waals surface area contributed by atoms with Crippen molar-refractivity contribution in [1.29, 1.82) is 0 Å². The molecule has 0 aliphatic heterocycles. The lowest BCUT2D eigenvalue weighted by Gasteiger charge is -2.32. The second-order valence-electron chi connectivity index (χ2n) is 9.96. The molecule has 3 aromatic rings. The molecule has 0 aliphatic carbocycles. The highest BCUT2D eigenvalue weighted by Crippen LogP contribution is 2.26. The Morgan fingerprint density at radius 3 is 2.15 bits per heavy atom. The Balaban J connectivity index is 2.03. The van der Waals surface area contributed by atoms with Gasteiger partial charge in [0.15, 0.2) is 0 Å². The van der Waals surface area contributed by atoms with Crippen LogP contribution in [0.1, 0.15) is 43.9 Å². The first kappa shape index (κ1) is 30.7. The first-order valence-electron chi connectivity index (χ1n) is 13.4. The summed E-state index contributed by atoms with van der Waals surface area (Å²) < 4.78 is 34.1. The third kappa shape index (κ3) is 7.41. The molecule has 0 aliphatic rings. The lowest BCUT2D eigenvalue weighted by atomic mass is 10.1. The zero-order valence-corrected chi connectivity index (χ0v) is 24.9. The summed E-state index contributed by atoms with van der Waals surface area (Å²) in [6, 6.07) is 19.6. The summed E-state index contributed by atoms with van der Waals surface area (Å²) in [5.41, 5.74) is 3.06. The average Bonchev–Trinajstić information content (AvgIpc) is 2.96. The number of ether oxygens (including phenoxy) is 1. The van der Waals surface area contributed by atoms with Crippen molar-refractivity contribution in [3.8, 4) is 5.75 Å². The number of sulfonamides is 1. The monoisotopic (exact) mass is 565 g/mol. The number of benzene rings is 3. The fraction of sp³-hybridized carbons (Fsp3) is 0.355. The number of hydrogen-bond acceptors (Lipinski definition) is 5.